The van der Waals surface area contributed by atoms with Crippen LogP contribution in [-0.4, -0.2) is 35.5 Å². The number of nitrogens with zero attached hydrogens (tertiary/aromatic N) is 4. The summed E-state index contributed by atoms with van der Waals surface area (Å²) in [6.45, 7) is 3.33. The molecule has 9 heteroatoms. The summed E-state index contributed by atoms with van der Waals surface area (Å²) in [5.74, 6) is 0.857. The fourth-order valence-corrected chi connectivity index (χ4v) is 4.83. The van der Waals surface area contributed by atoms with E-state index in [1.54, 1.807) is 44.2 Å². The van der Waals surface area contributed by atoms with Gasteiger partial charge in [-0.25, -0.2) is 13.1 Å². The zero-order valence-corrected chi connectivity index (χ0v) is 18.1. The Bertz CT molecular complexity index is 1320. The van der Waals surface area contributed by atoms with Gasteiger partial charge in [-0.1, -0.05) is 42.5 Å². The van der Waals surface area contributed by atoms with Crippen molar-refractivity contribution in [1.82, 2.24) is 20.0 Å². The quantitative estimate of drug-likeness (QED) is 0.495. The highest BCUT2D eigenvalue weighted by atomic mass is 32.2. The van der Waals surface area contributed by atoms with Gasteiger partial charge in [-0.3, -0.25) is 4.72 Å². The largest absolute Gasteiger partial charge is 0.495 e. The molecule has 4 aromatic rings. The Balaban J connectivity index is 1.69. The highest BCUT2D eigenvalue weighted by molar-refractivity contribution is 7.92. The minimum atomic E-state index is -3.91. The van der Waals surface area contributed by atoms with Gasteiger partial charge in [0, 0.05) is 5.56 Å². The second-order valence-corrected chi connectivity index (χ2v) is 8.48. The average molecular weight is 436 g/mol. The summed E-state index contributed by atoms with van der Waals surface area (Å²) < 4.78 is 35.6. The van der Waals surface area contributed by atoms with Crippen molar-refractivity contribution in [3.8, 4) is 22.8 Å². The predicted molar refractivity (Wildman–Crippen MR) is 118 cm³/mol. The molecule has 0 unspecified atom stereocenters. The molecule has 0 bridgehead atoms. The number of aromatic nitrogens is 4. The van der Waals surface area contributed by atoms with Gasteiger partial charge < -0.3 is 4.74 Å². The Labute approximate surface area is 180 Å². The predicted octanol–water partition coefficient (Wildman–Crippen LogP) is 3.76. The van der Waals surface area contributed by atoms with Gasteiger partial charge in [0.25, 0.3) is 10.0 Å². The summed E-state index contributed by atoms with van der Waals surface area (Å²) >= 11 is 0. The fraction of sp³-hybridized carbons (Fsp3) is 0.136. The van der Waals surface area contributed by atoms with Crippen LogP contribution in [0.15, 0.2) is 71.6 Å². The van der Waals surface area contributed by atoms with Gasteiger partial charge in [0.1, 0.15) is 10.6 Å². The minimum absolute atomic E-state index is 0.0901. The smallest absolute Gasteiger partial charge is 0.265 e. The van der Waals surface area contributed by atoms with Gasteiger partial charge in [-0.2, -0.15) is 5.10 Å². The highest BCUT2D eigenvalue weighted by Gasteiger charge is 2.26. The molecule has 1 N–H and O–H groups in total. The summed E-state index contributed by atoms with van der Waals surface area (Å²) in [7, 11) is -2.42. The Hall–Kier alpha value is -3.72. The third kappa shape index (κ3) is 3.99. The number of anilines is 1. The molecule has 0 saturated carbocycles. The molecule has 0 aliphatic carbocycles. The number of aryl methyl sites for hydroxylation is 1. The lowest BCUT2D eigenvalue weighted by atomic mass is 10.1. The van der Waals surface area contributed by atoms with Crippen molar-refractivity contribution < 1.29 is 13.2 Å². The number of rotatable bonds is 6. The monoisotopic (exact) mass is 435 g/mol. The Kier molecular flexibility index (Phi) is 5.43. The van der Waals surface area contributed by atoms with Crippen LogP contribution >= 0.6 is 0 Å². The first-order chi connectivity index (χ1) is 14.9. The molecule has 2 aromatic heterocycles. The SMILES string of the molecule is COc1ccccc1NS(=O)(=O)c1c(C)nn(-c2ccc(-c3ccccc3)nn2)c1C. The molecule has 0 aliphatic rings. The van der Waals surface area contributed by atoms with Crippen molar-refractivity contribution in [3.63, 3.8) is 0 Å². The molecule has 8 nitrogen and oxygen atoms in total. The van der Waals surface area contributed by atoms with E-state index in [-0.39, 0.29) is 4.90 Å². The van der Waals surface area contributed by atoms with Gasteiger partial charge in [0.15, 0.2) is 5.82 Å². The molecule has 158 valence electrons. The second-order valence-electron chi connectivity index (χ2n) is 6.86. The first-order valence-electron chi connectivity index (χ1n) is 9.52. The lowest BCUT2D eigenvalue weighted by molar-refractivity contribution is 0.417. The van der Waals surface area contributed by atoms with E-state index in [1.807, 2.05) is 36.4 Å². The average Bonchev–Trinajstić information content (AvgIpc) is 3.09. The van der Waals surface area contributed by atoms with E-state index in [9.17, 15) is 8.42 Å². The molecule has 0 aliphatic heterocycles. The molecule has 0 saturated heterocycles. The number of sulfonamides is 1. The molecule has 0 radical (unpaired) electrons. The van der Waals surface area contributed by atoms with E-state index < -0.39 is 10.0 Å². The number of hydrogen-bond acceptors (Lipinski definition) is 6. The van der Waals surface area contributed by atoms with Crippen molar-refractivity contribution in [1.29, 1.82) is 0 Å². The topological polar surface area (TPSA) is 99.0 Å². The fourth-order valence-electron chi connectivity index (χ4n) is 3.37. The lowest BCUT2D eigenvalue weighted by Gasteiger charge is -2.12. The second kappa shape index (κ2) is 8.19. The van der Waals surface area contributed by atoms with Crippen LogP contribution < -0.4 is 9.46 Å². The third-order valence-electron chi connectivity index (χ3n) is 4.78. The third-order valence-corrected chi connectivity index (χ3v) is 6.40. The lowest BCUT2D eigenvalue weighted by Crippen LogP contribution is -2.15. The van der Waals surface area contributed by atoms with Crippen LogP contribution in [0.25, 0.3) is 17.1 Å². The number of ether oxygens (including phenoxy) is 1. The van der Waals surface area contributed by atoms with E-state index in [4.69, 9.17) is 4.74 Å². The number of para-hydroxylation sites is 2. The number of benzene rings is 2. The maximum absolute atomic E-state index is 13.1. The van der Waals surface area contributed by atoms with Crippen LogP contribution in [0.1, 0.15) is 11.4 Å². The number of hydrogen-bond donors (Lipinski definition) is 1. The molecular formula is C22H21N5O3S. The molecular weight excluding hydrogens is 414 g/mol. The zero-order chi connectivity index (χ0) is 22.0. The van der Waals surface area contributed by atoms with Gasteiger partial charge in [0.05, 0.1) is 29.9 Å². The summed E-state index contributed by atoms with van der Waals surface area (Å²) in [5.41, 5.74) is 2.80. The van der Waals surface area contributed by atoms with Crippen molar-refractivity contribution in [2.75, 3.05) is 11.8 Å². The molecule has 0 amide bonds. The Morgan fingerprint density at radius 3 is 2.29 bits per heavy atom. The molecule has 4 rings (SSSR count). The summed E-state index contributed by atoms with van der Waals surface area (Å²) in [5, 5.41) is 12.9. The Morgan fingerprint density at radius 2 is 1.61 bits per heavy atom. The number of methoxy groups -OCH3 is 1. The summed E-state index contributed by atoms with van der Waals surface area (Å²) in [4.78, 5) is 0.0901. The maximum Gasteiger partial charge on any atom is 0.265 e. The number of nitrogens with one attached hydrogen (secondary N) is 1. The first-order valence-corrected chi connectivity index (χ1v) is 11.0. The minimum Gasteiger partial charge on any atom is -0.495 e. The van der Waals surface area contributed by atoms with Crippen LogP contribution in [0.3, 0.4) is 0 Å². The highest BCUT2D eigenvalue weighted by Crippen LogP contribution is 2.29. The van der Waals surface area contributed by atoms with Crippen molar-refractivity contribution in [3.05, 3.63) is 78.1 Å². The zero-order valence-electron chi connectivity index (χ0n) is 17.3. The van der Waals surface area contributed by atoms with Crippen molar-refractivity contribution in [2.24, 2.45) is 0 Å². The molecule has 0 atom stereocenters. The molecule has 2 heterocycles. The van der Waals surface area contributed by atoms with Crippen LogP contribution in [-0.2, 0) is 10.0 Å². The van der Waals surface area contributed by atoms with Gasteiger partial charge >= 0.3 is 0 Å². The molecule has 31 heavy (non-hydrogen) atoms. The van der Waals surface area contributed by atoms with E-state index in [0.29, 0.717) is 28.6 Å². The Morgan fingerprint density at radius 1 is 0.903 bits per heavy atom. The van der Waals surface area contributed by atoms with Gasteiger partial charge in [-0.05, 0) is 38.1 Å². The van der Waals surface area contributed by atoms with Gasteiger partial charge in [0.2, 0.25) is 0 Å². The van der Waals surface area contributed by atoms with E-state index in [1.165, 1.54) is 11.8 Å². The maximum atomic E-state index is 13.1. The van der Waals surface area contributed by atoms with Crippen LogP contribution in [0.5, 0.6) is 5.75 Å². The molecule has 0 fully saturated rings. The van der Waals surface area contributed by atoms with Crippen molar-refractivity contribution >= 4 is 15.7 Å². The van der Waals surface area contributed by atoms with Gasteiger partial charge in [-0.15, -0.1) is 10.2 Å². The van der Waals surface area contributed by atoms with E-state index in [2.05, 4.69) is 20.0 Å². The van der Waals surface area contributed by atoms with Crippen LogP contribution in [0, 0.1) is 13.8 Å². The van der Waals surface area contributed by atoms with Crippen LogP contribution in [0.4, 0.5) is 5.69 Å². The molecule has 0 spiro atoms. The molecule has 2 aromatic carbocycles. The summed E-state index contributed by atoms with van der Waals surface area (Å²) in [6.07, 6.45) is 0. The van der Waals surface area contributed by atoms with Crippen molar-refractivity contribution in [2.45, 2.75) is 18.7 Å². The standard InChI is InChI=1S/C22H21N5O3S/c1-15-22(31(28,29)26-19-11-7-8-12-20(19)30-3)16(2)27(25-15)21-14-13-18(23-24-21)17-9-5-4-6-10-17/h4-14,26H,1-3H3. The summed E-state index contributed by atoms with van der Waals surface area (Å²) in [6, 6.07) is 20.1. The normalized spacial score (nSPS) is 11.3. The first kappa shape index (κ1) is 20.5. The van der Waals surface area contributed by atoms with E-state index in [0.717, 1.165) is 11.3 Å². The van der Waals surface area contributed by atoms with E-state index >= 15 is 0 Å². The van der Waals surface area contributed by atoms with Crippen LogP contribution in [0.2, 0.25) is 0 Å².